The van der Waals surface area contributed by atoms with Crippen LogP contribution >= 0.6 is 11.8 Å². The van der Waals surface area contributed by atoms with Gasteiger partial charge in [0, 0.05) is 16.1 Å². The number of rotatable bonds is 20. The van der Waals surface area contributed by atoms with E-state index in [0.717, 1.165) is 91.6 Å². The van der Waals surface area contributed by atoms with Crippen LogP contribution in [-0.2, 0) is 9.53 Å². The van der Waals surface area contributed by atoms with Gasteiger partial charge in [0.1, 0.15) is 4.75 Å². The van der Waals surface area contributed by atoms with E-state index >= 15 is 0 Å². The lowest BCUT2D eigenvalue weighted by molar-refractivity contribution is -0.148. The largest absolute Gasteiger partial charge is 0.477 e. The highest BCUT2D eigenvalue weighted by Gasteiger charge is 2.43. The van der Waals surface area contributed by atoms with Gasteiger partial charge in [-0.25, -0.2) is 4.68 Å². The Kier molecular flexibility index (Phi) is 15.4. The second kappa shape index (κ2) is 18.9. The van der Waals surface area contributed by atoms with Crippen molar-refractivity contribution in [3.05, 3.63) is 64.8 Å². The fraction of sp³-hybridized carbons (Fsp3) is 0.564. The van der Waals surface area contributed by atoms with E-state index in [1.54, 1.807) is 16.4 Å². The van der Waals surface area contributed by atoms with Gasteiger partial charge in [-0.05, 0) is 95.2 Å². The molecule has 0 aliphatic rings. The van der Waals surface area contributed by atoms with Crippen molar-refractivity contribution in [3.63, 3.8) is 0 Å². The first-order chi connectivity index (χ1) is 22.6. The molecule has 1 amide bonds. The number of esters is 1. The van der Waals surface area contributed by atoms with Gasteiger partial charge < -0.3 is 14.8 Å². The molecule has 0 aliphatic carbocycles. The Balaban J connectivity index is 1.95. The van der Waals surface area contributed by atoms with Crippen molar-refractivity contribution in [3.8, 4) is 11.6 Å². The minimum absolute atomic E-state index is 0.119. The first kappa shape index (κ1) is 38.2. The van der Waals surface area contributed by atoms with E-state index in [2.05, 4.69) is 39.9 Å². The number of anilines is 1. The van der Waals surface area contributed by atoms with Crippen LogP contribution in [0.1, 0.15) is 126 Å². The molecule has 0 spiro atoms. The summed E-state index contributed by atoms with van der Waals surface area (Å²) in [4.78, 5) is 28.2. The monoisotopic (exact) mass is 663 g/mol. The number of hydrogen-bond acceptors (Lipinski definition) is 6. The van der Waals surface area contributed by atoms with Gasteiger partial charge in [-0.15, -0.1) is 11.8 Å². The summed E-state index contributed by atoms with van der Waals surface area (Å²) in [5.74, 6) is 0.384. The summed E-state index contributed by atoms with van der Waals surface area (Å²) < 4.78 is 13.1. The summed E-state index contributed by atoms with van der Waals surface area (Å²) in [6.07, 6.45) is 10.1. The van der Waals surface area contributed by atoms with E-state index in [-0.39, 0.29) is 17.8 Å². The first-order valence-corrected chi connectivity index (χ1v) is 18.5. The smallest absolute Gasteiger partial charge is 0.322 e. The van der Waals surface area contributed by atoms with Gasteiger partial charge in [0.05, 0.1) is 18.9 Å². The van der Waals surface area contributed by atoms with Crippen LogP contribution in [0.5, 0.6) is 5.88 Å². The highest BCUT2D eigenvalue weighted by molar-refractivity contribution is 8.01. The number of benzene rings is 2. The Morgan fingerprint density at radius 3 is 2.09 bits per heavy atom. The molecule has 1 aromatic heterocycles. The number of nitrogens with one attached hydrogen (secondary N) is 1. The summed E-state index contributed by atoms with van der Waals surface area (Å²) in [7, 11) is 0. The van der Waals surface area contributed by atoms with E-state index in [1.807, 2.05) is 63.2 Å². The number of aromatic nitrogens is 2. The minimum Gasteiger partial charge on any atom is -0.477 e. The highest BCUT2D eigenvalue weighted by atomic mass is 32.2. The Morgan fingerprint density at radius 2 is 1.49 bits per heavy atom. The van der Waals surface area contributed by atoms with E-state index in [1.165, 1.54) is 0 Å². The van der Waals surface area contributed by atoms with Crippen LogP contribution < -0.4 is 10.1 Å². The molecule has 47 heavy (non-hydrogen) atoms. The van der Waals surface area contributed by atoms with E-state index in [4.69, 9.17) is 14.6 Å². The van der Waals surface area contributed by atoms with Crippen molar-refractivity contribution in [2.24, 2.45) is 5.92 Å². The molecule has 0 saturated carbocycles. The lowest BCUT2D eigenvalue weighted by Gasteiger charge is -2.35. The maximum Gasteiger partial charge on any atom is 0.322 e. The first-order valence-electron chi connectivity index (χ1n) is 17.7. The van der Waals surface area contributed by atoms with Crippen LogP contribution in [0, 0.1) is 26.7 Å². The normalized spacial score (nSPS) is 12.6. The van der Waals surface area contributed by atoms with Gasteiger partial charge in [-0.1, -0.05) is 83.9 Å². The molecule has 0 fully saturated rings. The molecule has 258 valence electrons. The fourth-order valence-corrected chi connectivity index (χ4v) is 7.04. The maximum absolute atomic E-state index is 13.7. The highest BCUT2D eigenvalue weighted by Crippen LogP contribution is 2.44. The molecule has 0 aliphatic heterocycles. The number of unbranched alkanes of at least 4 members (excludes halogenated alkanes) is 4. The lowest BCUT2D eigenvalue weighted by atomic mass is 9.84. The minimum atomic E-state index is -0.699. The van der Waals surface area contributed by atoms with Gasteiger partial charge in [-0.3, -0.25) is 9.59 Å². The molecule has 8 heteroatoms. The standard InChI is InChI=1S/C39H57N3O4S/c1-9-13-17-31(18-14-10-2)39(8,38(44)46-26-16-12-4)47-33-22-20-32(21-23-33)42-37(45-25-15-11-3)30(7)35(41-42)36(43)40-34-24-19-28(5)27-29(34)6/h19-24,27,31H,9-18,25-26H2,1-8H3,(H,40,43). The Labute approximate surface area is 287 Å². The van der Waals surface area contributed by atoms with Gasteiger partial charge in [0.2, 0.25) is 5.88 Å². The molecule has 0 bridgehead atoms. The molecule has 0 saturated heterocycles. The number of hydrogen-bond donors (Lipinski definition) is 1. The van der Waals surface area contributed by atoms with E-state index in [9.17, 15) is 9.59 Å². The molecular weight excluding hydrogens is 607 g/mol. The number of thioether (sulfide) groups is 1. The van der Waals surface area contributed by atoms with Gasteiger partial charge in [0.25, 0.3) is 5.91 Å². The summed E-state index contributed by atoms with van der Waals surface area (Å²) in [5, 5.41) is 7.81. The number of ether oxygens (including phenoxy) is 2. The van der Waals surface area contributed by atoms with Crippen LogP contribution in [0.3, 0.4) is 0 Å². The molecule has 1 unspecified atom stereocenters. The third kappa shape index (κ3) is 10.4. The SMILES string of the molecule is CCCCOC(=O)C(C)(Sc1ccc(-n2nc(C(=O)Nc3ccc(C)cc3C)c(C)c2OCCCC)cc1)C(CCCC)CCCC. The third-order valence-corrected chi connectivity index (χ3v) is 10.2. The van der Waals surface area contributed by atoms with Crippen LogP contribution in [0.4, 0.5) is 5.69 Å². The number of carbonyl (C=O) groups excluding carboxylic acids is 2. The second-order valence-corrected chi connectivity index (χ2v) is 14.4. The average Bonchev–Trinajstić information content (AvgIpc) is 3.38. The summed E-state index contributed by atoms with van der Waals surface area (Å²) in [5.41, 5.74) is 4.70. The Hall–Kier alpha value is -3.26. The quantitative estimate of drug-likeness (QED) is 0.0736. The average molecular weight is 664 g/mol. The predicted molar refractivity (Wildman–Crippen MR) is 195 cm³/mol. The molecule has 0 radical (unpaired) electrons. The van der Waals surface area contributed by atoms with Crippen LogP contribution in [0.15, 0.2) is 47.4 Å². The zero-order valence-electron chi connectivity index (χ0n) is 30.0. The lowest BCUT2D eigenvalue weighted by Crippen LogP contribution is -2.41. The summed E-state index contributed by atoms with van der Waals surface area (Å²) in [6.45, 7) is 17.6. The van der Waals surface area contributed by atoms with Crippen LogP contribution in [0.2, 0.25) is 0 Å². The molecule has 7 nitrogen and oxygen atoms in total. The van der Waals surface area contributed by atoms with Crippen molar-refractivity contribution in [2.45, 2.75) is 129 Å². The molecular formula is C39H57N3O4S. The van der Waals surface area contributed by atoms with Crippen molar-refractivity contribution in [1.29, 1.82) is 0 Å². The molecule has 1 N–H and O–H groups in total. The number of aryl methyl sites for hydroxylation is 2. The maximum atomic E-state index is 13.7. The third-order valence-electron chi connectivity index (χ3n) is 8.79. The summed E-state index contributed by atoms with van der Waals surface area (Å²) in [6, 6.07) is 14.0. The van der Waals surface area contributed by atoms with Crippen molar-refractivity contribution in [2.75, 3.05) is 18.5 Å². The second-order valence-electron chi connectivity index (χ2n) is 12.8. The zero-order chi connectivity index (χ0) is 34.4. The number of carbonyl (C=O) groups is 2. The predicted octanol–water partition coefficient (Wildman–Crippen LogP) is 10.4. The number of nitrogens with zero attached hydrogens (tertiary/aromatic N) is 2. The summed E-state index contributed by atoms with van der Waals surface area (Å²) >= 11 is 1.61. The van der Waals surface area contributed by atoms with E-state index in [0.29, 0.717) is 30.4 Å². The molecule has 1 atom stereocenters. The topological polar surface area (TPSA) is 82.5 Å². The molecule has 3 aromatic rings. The van der Waals surface area contributed by atoms with Crippen LogP contribution in [-0.4, -0.2) is 39.6 Å². The molecule has 1 heterocycles. The van der Waals surface area contributed by atoms with Crippen molar-refractivity contribution >= 4 is 29.3 Å². The fourth-order valence-electron chi connectivity index (χ4n) is 5.73. The van der Waals surface area contributed by atoms with E-state index < -0.39 is 4.75 Å². The molecule has 2 aromatic carbocycles. The van der Waals surface area contributed by atoms with Gasteiger partial charge >= 0.3 is 5.97 Å². The van der Waals surface area contributed by atoms with Crippen LogP contribution in [0.25, 0.3) is 5.69 Å². The van der Waals surface area contributed by atoms with Gasteiger partial charge in [-0.2, -0.15) is 5.10 Å². The Bertz CT molecular complexity index is 1430. The van der Waals surface area contributed by atoms with Crippen molar-refractivity contribution in [1.82, 2.24) is 9.78 Å². The molecule has 3 rings (SSSR count). The Morgan fingerprint density at radius 1 is 0.872 bits per heavy atom. The van der Waals surface area contributed by atoms with Gasteiger partial charge in [0.15, 0.2) is 5.69 Å². The zero-order valence-corrected chi connectivity index (χ0v) is 30.9. The number of amides is 1. The van der Waals surface area contributed by atoms with Crippen molar-refractivity contribution < 1.29 is 19.1 Å².